The lowest BCUT2D eigenvalue weighted by Gasteiger charge is -2.53. The van der Waals surface area contributed by atoms with Crippen LogP contribution in [0.25, 0.3) is 11.2 Å². The molecule has 2 saturated heterocycles. The molecule has 0 radical (unpaired) electrons. The van der Waals surface area contributed by atoms with Gasteiger partial charge >= 0.3 is 8.56 Å². The molecule has 2 aromatic rings. The lowest BCUT2D eigenvalue weighted by atomic mass is 10.1. The molecular formula is C21H35N5O6Si. The first kappa shape index (κ1) is 24.3. The molecule has 0 saturated carbocycles. The second kappa shape index (κ2) is 8.43. The number of aromatic nitrogens is 4. The molecule has 4 atom stereocenters. The maximum absolute atomic E-state index is 12.3. The molecule has 33 heavy (non-hydrogen) atoms. The molecule has 0 spiro atoms. The second-order valence-corrected chi connectivity index (χ2v) is 15.4. The highest BCUT2D eigenvalue weighted by Gasteiger charge is 2.65. The molecular weight excluding hydrogens is 446 g/mol. The van der Waals surface area contributed by atoms with Crippen LogP contribution in [0.5, 0.6) is 0 Å². The fourth-order valence-electron chi connectivity index (χ4n) is 5.12. The van der Waals surface area contributed by atoms with Crippen molar-refractivity contribution in [2.45, 2.75) is 76.2 Å². The first-order valence-electron chi connectivity index (χ1n) is 11.2. The maximum atomic E-state index is 12.3. The van der Waals surface area contributed by atoms with Crippen LogP contribution in [-0.2, 0) is 23.1 Å². The number of ether oxygens (including phenoxy) is 3. The lowest BCUT2D eigenvalue weighted by Crippen LogP contribution is -2.65. The standard InChI is InChI=1S/C21H35N5O6Si/c1-20(2,3)33(21(4,5)6)30-10-12-14(32-33)15(29-9-8-28-7)18(31-12)26-11-23-13-16(26)24-19(22)25-17(13)27/h11-12,14-15,18H,8-10H2,1-7H3,(H3,22,24,25,27)/t12-,14-,15-,18-/m1/s1. The number of hydrogen-bond donors (Lipinski definition) is 2. The molecule has 2 aromatic heterocycles. The van der Waals surface area contributed by atoms with Crippen molar-refractivity contribution < 1.29 is 23.1 Å². The Labute approximate surface area is 194 Å². The number of nitrogens with zero attached hydrogens (tertiary/aromatic N) is 3. The van der Waals surface area contributed by atoms with Gasteiger partial charge < -0.3 is 28.8 Å². The van der Waals surface area contributed by atoms with Crippen LogP contribution in [0, 0.1) is 0 Å². The summed E-state index contributed by atoms with van der Waals surface area (Å²) in [5.74, 6) is 0.00740. The second-order valence-electron chi connectivity index (χ2n) is 10.7. The van der Waals surface area contributed by atoms with E-state index in [1.54, 1.807) is 11.7 Å². The molecule has 0 amide bonds. The quantitative estimate of drug-likeness (QED) is 0.486. The van der Waals surface area contributed by atoms with Gasteiger partial charge in [0.15, 0.2) is 17.4 Å². The molecule has 0 aromatic carbocycles. The summed E-state index contributed by atoms with van der Waals surface area (Å²) in [4.78, 5) is 23.3. The smallest absolute Gasteiger partial charge is 0.349 e. The first-order chi connectivity index (χ1) is 15.4. The topological polar surface area (TPSA) is 136 Å². The van der Waals surface area contributed by atoms with E-state index in [-0.39, 0.29) is 33.7 Å². The molecule has 0 unspecified atom stereocenters. The Morgan fingerprint density at radius 3 is 2.58 bits per heavy atom. The normalized spacial score (nSPS) is 27.7. The van der Waals surface area contributed by atoms with E-state index in [1.165, 1.54) is 6.33 Å². The number of nitrogen functional groups attached to an aromatic ring is 1. The summed E-state index contributed by atoms with van der Waals surface area (Å²) in [6.45, 7) is 14.2. The minimum absolute atomic E-state index is 0.00740. The summed E-state index contributed by atoms with van der Waals surface area (Å²) < 4.78 is 33.1. The summed E-state index contributed by atoms with van der Waals surface area (Å²) in [6, 6.07) is 0. The van der Waals surface area contributed by atoms with Crippen LogP contribution >= 0.6 is 0 Å². The van der Waals surface area contributed by atoms with Gasteiger partial charge in [0.2, 0.25) is 5.95 Å². The molecule has 2 aliphatic heterocycles. The van der Waals surface area contributed by atoms with Gasteiger partial charge in [0.25, 0.3) is 5.56 Å². The van der Waals surface area contributed by atoms with Crippen molar-refractivity contribution in [1.29, 1.82) is 0 Å². The predicted octanol–water partition coefficient (Wildman–Crippen LogP) is 2.09. The van der Waals surface area contributed by atoms with Gasteiger partial charge in [0.1, 0.15) is 18.3 Å². The number of imidazole rings is 1. The average molecular weight is 482 g/mol. The SMILES string of the molecule is COCCO[C@@H]1[C@@H]2O[Si](C(C)(C)C)(C(C)(C)C)OC[C@H]2O[C@H]1n1cnc2c(=O)[nH]c(N)nc21. The lowest BCUT2D eigenvalue weighted by molar-refractivity contribution is -0.0813. The van der Waals surface area contributed by atoms with Gasteiger partial charge in [-0.25, -0.2) is 4.98 Å². The van der Waals surface area contributed by atoms with Crippen molar-refractivity contribution in [2.75, 3.05) is 32.7 Å². The Morgan fingerprint density at radius 2 is 1.94 bits per heavy atom. The Bertz CT molecular complexity index is 1040. The Kier molecular flexibility index (Phi) is 6.21. The zero-order chi connectivity index (χ0) is 24.2. The highest BCUT2D eigenvalue weighted by molar-refractivity contribution is 6.73. The predicted molar refractivity (Wildman–Crippen MR) is 124 cm³/mol. The van der Waals surface area contributed by atoms with Crippen molar-refractivity contribution in [3.8, 4) is 0 Å². The molecule has 4 heterocycles. The third-order valence-corrected chi connectivity index (χ3v) is 11.5. The summed E-state index contributed by atoms with van der Waals surface area (Å²) >= 11 is 0. The zero-order valence-corrected chi connectivity index (χ0v) is 21.4. The van der Waals surface area contributed by atoms with Crippen LogP contribution in [0.2, 0.25) is 10.1 Å². The minimum atomic E-state index is -2.75. The summed E-state index contributed by atoms with van der Waals surface area (Å²) in [7, 11) is -1.13. The zero-order valence-electron chi connectivity index (χ0n) is 20.4. The van der Waals surface area contributed by atoms with Crippen molar-refractivity contribution in [3.05, 3.63) is 16.7 Å². The number of fused-ring (bicyclic) bond motifs is 2. The number of methoxy groups -OCH3 is 1. The van der Waals surface area contributed by atoms with Gasteiger partial charge in [-0.15, -0.1) is 0 Å². The van der Waals surface area contributed by atoms with E-state index < -0.39 is 26.5 Å². The van der Waals surface area contributed by atoms with Crippen LogP contribution < -0.4 is 11.3 Å². The molecule has 184 valence electrons. The van der Waals surface area contributed by atoms with E-state index in [9.17, 15) is 4.79 Å². The Balaban J connectivity index is 1.75. The molecule has 2 fully saturated rings. The van der Waals surface area contributed by atoms with E-state index in [2.05, 4.69) is 56.5 Å². The third kappa shape index (κ3) is 4.02. The Morgan fingerprint density at radius 1 is 1.24 bits per heavy atom. The summed E-state index contributed by atoms with van der Waals surface area (Å²) in [6.07, 6.45) is -0.276. The third-order valence-electron chi connectivity index (χ3n) is 6.34. The molecule has 4 rings (SSSR count). The summed E-state index contributed by atoms with van der Waals surface area (Å²) in [5.41, 5.74) is 5.90. The fourth-order valence-corrected chi connectivity index (χ4v) is 10.1. The molecule has 12 heteroatoms. The van der Waals surface area contributed by atoms with Crippen molar-refractivity contribution in [3.63, 3.8) is 0 Å². The molecule has 11 nitrogen and oxygen atoms in total. The molecule has 3 N–H and O–H groups in total. The molecule has 0 aliphatic carbocycles. The number of rotatable bonds is 5. The maximum Gasteiger partial charge on any atom is 0.349 e. The number of anilines is 1. The van der Waals surface area contributed by atoms with E-state index in [0.29, 0.717) is 25.5 Å². The highest BCUT2D eigenvalue weighted by Crippen LogP contribution is 2.56. The molecule has 2 aliphatic rings. The van der Waals surface area contributed by atoms with E-state index in [0.717, 1.165) is 0 Å². The number of hydrogen-bond acceptors (Lipinski definition) is 9. The van der Waals surface area contributed by atoms with Crippen LogP contribution in [0.15, 0.2) is 11.1 Å². The van der Waals surface area contributed by atoms with Gasteiger partial charge in [0.05, 0.1) is 26.1 Å². The highest BCUT2D eigenvalue weighted by atomic mass is 28.4. The van der Waals surface area contributed by atoms with Crippen LogP contribution in [0.4, 0.5) is 5.95 Å². The van der Waals surface area contributed by atoms with Crippen molar-refractivity contribution >= 4 is 25.7 Å². The number of nitrogens with one attached hydrogen (secondary N) is 1. The van der Waals surface area contributed by atoms with Gasteiger partial charge in [-0.2, -0.15) is 4.98 Å². The number of nitrogens with two attached hydrogens (primary N) is 1. The van der Waals surface area contributed by atoms with E-state index in [4.69, 9.17) is 28.8 Å². The van der Waals surface area contributed by atoms with E-state index >= 15 is 0 Å². The van der Waals surface area contributed by atoms with Crippen LogP contribution in [-0.4, -0.2) is 73.3 Å². The van der Waals surface area contributed by atoms with Gasteiger partial charge in [0, 0.05) is 17.2 Å². The largest absolute Gasteiger partial charge is 0.391 e. The van der Waals surface area contributed by atoms with Gasteiger partial charge in [-0.1, -0.05) is 41.5 Å². The van der Waals surface area contributed by atoms with Gasteiger partial charge in [-0.05, 0) is 0 Å². The monoisotopic (exact) mass is 481 g/mol. The van der Waals surface area contributed by atoms with Crippen LogP contribution in [0.3, 0.4) is 0 Å². The first-order valence-corrected chi connectivity index (χ1v) is 13.0. The Hall–Kier alpha value is -1.83. The van der Waals surface area contributed by atoms with Crippen molar-refractivity contribution in [1.82, 2.24) is 19.5 Å². The fraction of sp³-hybridized carbons (Fsp3) is 0.762. The number of H-pyrrole nitrogens is 1. The molecule has 0 bridgehead atoms. The minimum Gasteiger partial charge on any atom is -0.391 e. The summed E-state index contributed by atoms with van der Waals surface area (Å²) in [5, 5.41) is -0.368. The van der Waals surface area contributed by atoms with E-state index in [1.807, 2.05) is 0 Å². The van der Waals surface area contributed by atoms with Crippen LogP contribution in [0.1, 0.15) is 47.8 Å². The number of aromatic amines is 1. The van der Waals surface area contributed by atoms with Gasteiger partial charge in [-0.3, -0.25) is 14.3 Å². The van der Waals surface area contributed by atoms with Crippen molar-refractivity contribution in [2.24, 2.45) is 0 Å². The average Bonchev–Trinajstić information content (AvgIpc) is 3.27.